The molecule has 2 aromatic carbocycles. The van der Waals surface area contributed by atoms with Crippen molar-refractivity contribution < 1.29 is 4.79 Å². The smallest absolute Gasteiger partial charge is 0.314 e. The van der Waals surface area contributed by atoms with Gasteiger partial charge < -0.3 is 10.2 Å². The molecule has 0 bridgehead atoms. The lowest BCUT2D eigenvalue weighted by Gasteiger charge is -2.31. The van der Waals surface area contributed by atoms with Gasteiger partial charge in [-0.3, -0.25) is 0 Å². The fourth-order valence-electron chi connectivity index (χ4n) is 2.90. The summed E-state index contributed by atoms with van der Waals surface area (Å²) < 4.78 is 1.05. The van der Waals surface area contributed by atoms with Crippen molar-refractivity contribution in [3.63, 3.8) is 0 Å². The van der Waals surface area contributed by atoms with Crippen LogP contribution < -0.4 is 5.32 Å². The van der Waals surface area contributed by atoms with Crippen molar-refractivity contribution in [3.05, 3.63) is 76.8 Å². The van der Waals surface area contributed by atoms with Gasteiger partial charge in [-0.05, 0) is 49.1 Å². The maximum Gasteiger partial charge on any atom is 0.322 e. The van der Waals surface area contributed by atoms with E-state index >= 15 is 0 Å². The highest BCUT2D eigenvalue weighted by molar-refractivity contribution is 9.10. The van der Waals surface area contributed by atoms with Crippen LogP contribution in [0, 0.1) is 0 Å². The van der Waals surface area contributed by atoms with E-state index in [2.05, 4.69) is 45.5 Å². The van der Waals surface area contributed by atoms with E-state index in [4.69, 9.17) is 0 Å². The maximum atomic E-state index is 12.9. The zero-order valence-corrected chi connectivity index (χ0v) is 15.1. The van der Waals surface area contributed by atoms with E-state index in [0.717, 1.165) is 35.0 Å². The molecule has 1 atom stereocenters. The number of anilines is 1. The van der Waals surface area contributed by atoms with Crippen LogP contribution >= 0.6 is 15.9 Å². The second-order valence-corrected chi connectivity index (χ2v) is 6.89. The Labute approximate surface area is 151 Å². The summed E-state index contributed by atoms with van der Waals surface area (Å²) in [5, 5.41) is 3.01. The van der Waals surface area contributed by atoms with Gasteiger partial charge in [0, 0.05) is 16.7 Å². The first-order valence-corrected chi connectivity index (χ1v) is 9.05. The van der Waals surface area contributed by atoms with Crippen LogP contribution in [-0.2, 0) is 6.54 Å². The Bertz CT molecular complexity index is 697. The standard InChI is InChI=1S/C20H21BrN2O/c21-17-13-11-16(12-14-17)15-23(19-9-5-2-6-10-19)20(24)22-18-7-3-1-4-8-18/h1,3-5,7-9,11-14,19H,2,6,10,15H2,(H,22,24). The van der Waals surface area contributed by atoms with E-state index in [1.807, 2.05) is 47.4 Å². The third-order valence-electron chi connectivity index (χ3n) is 4.18. The van der Waals surface area contributed by atoms with Gasteiger partial charge in [0.25, 0.3) is 0 Å². The van der Waals surface area contributed by atoms with Crippen LogP contribution in [0.1, 0.15) is 24.8 Å². The third kappa shape index (κ3) is 4.48. The summed E-state index contributed by atoms with van der Waals surface area (Å²) in [5.41, 5.74) is 1.95. The number of rotatable bonds is 4. The summed E-state index contributed by atoms with van der Waals surface area (Å²) in [6, 6.07) is 17.8. The van der Waals surface area contributed by atoms with Gasteiger partial charge in [-0.25, -0.2) is 4.79 Å². The molecule has 24 heavy (non-hydrogen) atoms. The minimum absolute atomic E-state index is 0.0549. The first-order valence-electron chi connectivity index (χ1n) is 8.26. The highest BCUT2D eigenvalue weighted by atomic mass is 79.9. The molecule has 0 radical (unpaired) electrons. The Morgan fingerprint density at radius 2 is 1.88 bits per heavy atom. The average molecular weight is 385 g/mol. The number of allylic oxidation sites excluding steroid dienone is 1. The number of hydrogen-bond acceptors (Lipinski definition) is 1. The molecule has 0 saturated carbocycles. The van der Waals surface area contributed by atoms with Crippen LogP contribution in [0.25, 0.3) is 0 Å². The van der Waals surface area contributed by atoms with Crippen molar-refractivity contribution in [1.29, 1.82) is 0 Å². The molecule has 3 nitrogen and oxygen atoms in total. The van der Waals surface area contributed by atoms with Gasteiger partial charge in [-0.1, -0.05) is 58.4 Å². The average Bonchev–Trinajstić information content (AvgIpc) is 2.63. The molecule has 0 aromatic heterocycles. The molecular formula is C20H21BrN2O. The summed E-state index contributed by atoms with van der Waals surface area (Å²) in [5.74, 6) is 0. The number of para-hydroxylation sites is 1. The Balaban J connectivity index is 1.78. The Morgan fingerprint density at radius 3 is 2.54 bits per heavy atom. The van der Waals surface area contributed by atoms with Gasteiger partial charge in [-0.2, -0.15) is 0 Å². The van der Waals surface area contributed by atoms with Gasteiger partial charge in [-0.15, -0.1) is 0 Å². The normalized spacial score (nSPS) is 16.6. The van der Waals surface area contributed by atoms with Gasteiger partial charge in [0.1, 0.15) is 0 Å². The van der Waals surface area contributed by atoms with Crippen LogP contribution in [0.15, 0.2) is 71.2 Å². The predicted octanol–water partition coefficient (Wildman–Crippen LogP) is 5.59. The van der Waals surface area contributed by atoms with Gasteiger partial charge in [0.05, 0.1) is 6.04 Å². The molecule has 2 aromatic rings. The molecule has 0 saturated heterocycles. The Kier molecular flexibility index (Phi) is 5.70. The van der Waals surface area contributed by atoms with E-state index in [1.54, 1.807) is 0 Å². The minimum atomic E-state index is -0.0549. The van der Waals surface area contributed by atoms with E-state index in [9.17, 15) is 4.79 Å². The zero-order chi connectivity index (χ0) is 16.8. The molecule has 0 heterocycles. The number of benzene rings is 2. The third-order valence-corrected chi connectivity index (χ3v) is 4.71. The lowest BCUT2D eigenvalue weighted by Crippen LogP contribution is -2.42. The molecule has 0 fully saturated rings. The summed E-state index contributed by atoms with van der Waals surface area (Å²) >= 11 is 3.46. The molecule has 124 valence electrons. The fraction of sp³-hybridized carbons (Fsp3) is 0.250. The van der Waals surface area contributed by atoms with Crippen LogP contribution in [0.2, 0.25) is 0 Å². The van der Waals surface area contributed by atoms with Crippen molar-refractivity contribution in [2.24, 2.45) is 0 Å². The second-order valence-electron chi connectivity index (χ2n) is 5.98. The number of halogens is 1. The van der Waals surface area contributed by atoms with E-state index < -0.39 is 0 Å². The van der Waals surface area contributed by atoms with E-state index in [0.29, 0.717) is 6.54 Å². The molecule has 4 heteroatoms. The van der Waals surface area contributed by atoms with Crippen molar-refractivity contribution in [1.82, 2.24) is 4.90 Å². The largest absolute Gasteiger partial charge is 0.322 e. The van der Waals surface area contributed by atoms with Crippen LogP contribution in [0.5, 0.6) is 0 Å². The van der Waals surface area contributed by atoms with E-state index in [-0.39, 0.29) is 12.1 Å². The highest BCUT2D eigenvalue weighted by Gasteiger charge is 2.23. The second kappa shape index (κ2) is 8.15. The number of urea groups is 1. The van der Waals surface area contributed by atoms with E-state index in [1.165, 1.54) is 0 Å². The topological polar surface area (TPSA) is 32.3 Å². The highest BCUT2D eigenvalue weighted by Crippen LogP contribution is 2.21. The van der Waals surface area contributed by atoms with Gasteiger partial charge >= 0.3 is 6.03 Å². The molecule has 0 spiro atoms. The molecule has 1 aliphatic rings. The van der Waals surface area contributed by atoms with Gasteiger partial charge in [0.15, 0.2) is 0 Å². The summed E-state index contributed by atoms with van der Waals surface area (Å²) in [6.45, 7) is 0.598. The number of hydrogen-bond donors (Lipinski definition) is 1. The SMILES string of the molecule is O=C(Nc1ccccc1)N(Cc1ccc(Br)cc1)C1C=CCCC1. The summed E-state index contributed by atoms with van der Waals surface area (Å²) in [4.78, 5) is 14.8. The lowest BCUT2D eigenvalue weighted by atomic mass is 10.0. The van der Waals surface area contributed by atoms with Crippen LogP contribution in [-0.4, -0.2) is 17.0 Å². The predicted molar refractivity (Wildman–Crippen MR) is 102 cm³/mol. The van der Waals surface area contributed by atoms with Crippen molar-refractivity contribution in [2.75, 3.05) is 5.32 Å². The first-order chi connectivity index (χ1) is 11.7. The van der Waals surface area contributed by atoms with Crippen molar-refractivity contribution >= 4 is 27.6 Å². The van der Waals surface area contributed by atoms with Gasteiger partial charge in [0.2, 0.25) is 0 Å². The first kappa shape index (κ1) is 16.8. The fourth-order valence-corrected chi connectivity index (χ4v) is 3.16. The summed E-state index contributed by atoms with van der Waals surface area (Å²) in [7, 11) is 0. The number of nitrogens with one attached hydrogen (secondary N) is 1. The number of nitrogens with zero attached hydrogens (tertiary/aromatic N) is 1. The molecule has 1 unspecified atom stereocenters. The Morgan fingerprint density at radius 1 is 1.12 bits per heavy atom. The monoisotopic (exact) mass is 384 g/mol. The molecule has 1 aliphatic carbocycles. The van der Waals surface area contributed by atoms with Crippen LogP contribution in [0.4, 0.5) is 10.5 Å². The van der Waals surface area contributed by atoms with Crippen LogP contribution in [0.3, 0.4) is 0 Å². The maximum absolute atomic E-state index is 12.9. The Hall–Kier alpha value is -2.07. The molecule has 1 N–H and O–H groups in total. The zero-order valence-electron chi connectivity index (χ0n) is 13.5. The number of carbonyl (C=O) groups excluding carboxylic acids is 1. The van der Waals surface area contributed by atoms with Crippen molar-refractivity contribution in [2.45, 2.75) is 31.8 Å². The molecule has 2 amide bonds. The quantitative estimate of drug-likeness (QED) is 0.684. The van der Waals surface area contributed by atoms with Crippen molar-refractivity contribution in [3.8, 4) is 0 Å². The molecular weight excluding hydrogens is 364 g/mol. The minimum Gasteiger partial charge on any atom is -0.314 e. The summed E-state index contributed by atoms with van der Waals surface area (Å²) in [6.07, 6.45) is 7.57. The molecule has 3 rings (SSSR count). The number of amides is 2. The molecule has 0 aliphatic heterocycles. The number of carbonyl (C=O) groups is 1. The lowest BCUT2D eigenvalue weighted by molar-refractivity contribution is 0.191.